The molecule has 1 atom stereocenters. The Kier molecular flexibility index (Phi) is 4.27. The van der Waals surface area contributed by atoms with Crippen molar-refractivity contribution in [1.82, 2.24) is 34.3 Å². The summed E-state index contributed by atoms with van der Waals surface area (Å²) in [4.78, 5) is 16.2. The summed E-state index contributed by atoms with van der Waals surface area (Å²) in [6.07, 6.45) is 11.0. The normalized spacial score (nSPS) is 17.7. The van der Waals surface area contributed by atoms with Crippen molar-refractivity contribution in [2.45, 2.75) is 44.7 Å². The first kappa shape index (κ1) is 19.0. The van der Waals surface area contributed by atoms with Gasteiger partial charge in [-0.2, -0.15) is 4.98 Å². The number of halogens is 2. The van der Waals surface area contributed by atoms with Crippen LogP contribution in [0.1, 0.15) is 44.5 Å². The summed E-state index contributed by atoms with van der Waals surface area (Å²) < 4.78 is 30.9. The van der Waals surface area contributed by atoms with Crippen molar-refractivity contribution in [2.75, 3.05) is 4.90 Å². The Morgan fingerprint density at radius 1 is 1.09 bits per heavy atom. The fourth-order valence-corrected chi connectivity index (χ4v) is 4.55. The molecule has 0 bridgehead atoms. The largest absolute Gasteiger partial charge is 0.341 e. The lowest BCUT2D eigenvalue weighted by atomic mass is 9.89. The fraction of sp³-hybridized carbons (Fsp3) is 0.318. The maximum absolute atomic E-state index is 13.8. The van der Waals surface area contributed by atoms with E-state index in [9.17, 15) is 8.78 Å². The van der Waals surface area contributed by atoms with Gasteiger partial charge in [-0.1, -0.05) is 6.92 Å². The van der Waals surface area contributed by atoms with Crippen LogP contribution in [0.25, 0.3) is 23.0 Å². The fourth-order valence-electron chi connectivity index (χ4n) is 4.55. The van der Waals surface area contributed by atoms with E-state index in [-0.39, 0.29) is 6.04 Å². The second kappa shape index (κ2) is 7.18. The molecule has 1 unspecified atom stereocenters. The molecule has 1 fully saturated rings. The van der Waals surface area contributed by atoms with Gasteiger partial charge in [-0.15, -0.1) is 10.2 Å². The van der Waals surface area contributed by atoms with Crippen molar-refractivity contribution in [3.63, 3.8) is 0 Å². The van der Waals surface area contributed by atoms with Crippen molar-refractivity contribution < 1.29 is 8.78 Å². The number of benzene rings is 1. The molecule has 0 N–H and O–H groups in total. The molecule has 1 aliphatic heterocycles. The first-order chi connectivity index (χ1) is 15.7. The highest BCUT2D eigenvalue weighted by Gasteiger charge is 2.39. The molecule has 0 spiro atoms. The van der Waals surface area contributed by atoms with Crippen LogP contribution >= 0.6 is 0 Å². The topological polar surface area (TPSA) is 77.5 Å². The molecule has 10 heteroatoms. The highest BCUT2D eigenvalue weighted by molar-refractivity contribution is 5.64. The average molecular weight is 434 g/mol. The van der Waals surface area contributed by atoms with Gasteiger partial charge in [-0.05, 0) is 43.9 Å². The maximum Gasteiger partial charge on any atom is 0.237 e. The number of hydrogen-bond acceptors (Lipinski definition) is 6. The van der Waals surface area contributed by atoms with Crippen molar-refractivity contribution in [3.8, 4) is 23.0 Å². The van der Waals surface area contributed by atoms with Crippen LogP contribution in [0.15, 0.2) is 43.1 Å². The van der Waals surface area contributed by atoms with Crippen LogP contribution in [0.3, 0.4) is 0 Å². The summed E-state index contributed by atoms with van der Waals surface area (Å²) in [5.74, 6) is 0.745. The van der Waals surface area contributed by atoms with E-state index in [2.05, 4.69) is 32.0 Å². The number of rotatable bonds is 4. The van der Waals surface area contributed by atoms with E-state index in [0.717, 1.165) is 48.7 Å². The third-order valence-corrected chi connectivity index (χ3v) is 6.34. The number of fused-ring (bicyclic) bond motifs is 3. The van der Waals surface area contributed by atoms with Gasteiger partial charge in [0.25, 0.3) is 0 Å². The summed E-state index contributed by atoms with van der Waals surface area (Å²) in [5, 5.41) is 8.50. The number of nitrogens with zero attached hydrogens (tertiary/aromatic N) is 8. The summed E-state index contributed by atoms with van der Waals surface area (Å²) in [6.45, 7) is 2.14. The average Bonchev–Trinajstić information content (AvgIpc) is 3.44. The van der Waals surface area contributed by atoms with E-state index < -0.39 is 11.6 Å². The van der Waals surface area contributed by atoms with Crippen LogP contribution in [0, 0.1) is 11.6 Å². The van der Waals surface area contributed by atoms with Crippen LogP contribution in [0.5, 0.6) is 0 Å². The smallest absolute Gasteiger partial charge is 0.237 e. The minimum Gasteiger partial charge on any atom is -0.341 e. The second-order valence-electron chi connectivity index (χ2n) is 8.10. The molecule has 1 aromatic carbocycles. The molecular formula is C22H20F2N8. The molecule has 8 nitrogen and oxygen atoms in total. The summed E-state index contributed by atoms with van der Waals surface area (Å²) in [5.41, 5.74) is 1.28. The number of aromatic nitrogens is 7. The first-order valence-corrected chi connectivity index (χ1v) is 10.7. The molecular weight excluding hydrogens is 414 g/mol. The summed E-state index contributed by atoms with van der Waals surface area (Å²) >= 11 is 0. The van der Waals surface area contributed by atoms with E-state index in [1.54, 1.807) is 29.5 Å². The minimum absolute atomic E-state index is 0.0755. The van der Waals surface area contributed by atoms with Crippen molar-refractivity contribution in [1.29, 1.82) is 0 Å². The number of imidazole rings is 1. The van der Waals surface area contributed by atoms with Gasteiger partial charge in [0, 0.05) is 24.0 Å². The molecule has 4 heterocycles. The minimum atomic E-state index is -0.925. The third kappa shape index (κ3) is 2.75. The molecule has 1 aliphatic carbocycles. The van der Waals surface area contributed by atoms with Gasteiger partial charge in [-0.25, -0.2) is 18.7 Å². The first-order valence-electron chi connectivity index (χ1n) is 10.7. The predicted octanol–water partition coefficient (Wildman–Crippen LogP) is 4.01. The van der Waals surface area contributed by atoms with E-state index in [0.29, 0.717) is 23.4 Å². The standard InChI is InChI=1S/C22H20F2N8/c1-2-17-21-29-27-12-31(21)18-11-26-22(28-20(18)32(17)14-4-3-5-14)30-9-8-25-19(30)13-6-7-15(23)16(24)10-13/h6-12,14,17H,2-5H2,1H3. The second-order valence-corrected chi connectivity index (χ2v) is 8.10. The van der Waals surface area contributed by atoms with E-state index in [1.807, 2.05) is 4.57 Å². The molecule has 0 amide bonds. The molecule has 0 saturated heterocycles. The summed E-state index contributed by atoms with van der Waals surface area (Å²) in [7, 11) is 0. The Labute approximate surface area is 182 Å². The molecule has 162 valence electrons. The van der Waals surface area contributed by atoms with Gasteiger partial charge >= 0.3 is 0 Å². The molecule has 3 aromatic heterocycles. The molecule has 0 radical (unpaired) electrons. The SMILES string of the molecule is CCC1c2nncn2-c2cnc(-n3ccnc3-c3ccc(F)c(F)c3)nc2N1C1CCC1. The van der Waals surface area contributed by atoms with Gasteiger partial charge in [0.05, 0.1) is 12.2 Å². The zero-order valence-corrected chi connectivity index (χ0v) is 17.4. The Morgan fingerprint density at radius 3 is 2.72 bits per heavy atom. The quantitative estimate of drug-likeness (QED) is 0.483. The Morgan fingerprint density at radius 2 is 1.97 bits per heavy atom. The van der Waals surface area contributed by atoms with Crippen LogP contribution < -0.4 is 4.90 Å². The Balaban J connectivity index is 1.50. The van der Waals surface area contributed by atoms with E-state index >= 15 is 0 Å². The highest BCUT2D eigenvalue weighted by Crippen LogP contribution is 2.43. The predicted molar refractivity (Wildman–Crippen MR) is 113 cm³/mol. The highest BCUT2D eigenvalue weighted by atomic mass is 19.2. The van der Waals surface area contributed by atoms with Gasteiger partial charge in [0.2, 0.25) is 5.95 Å². The van der Waals surface area contributed by atoms with Gasteiger partial charge < -0.3 is 4.90 Å². The Hall–Kier alpha value is -3.69. The van der Waals surface area contributed by atoms with E-state index in [1.165, 1.54) is 12.5 Å². The third-order valence-electron chi connectivity index (χ3n) is 6.34. The zero-order chi connectivity index (χ0) is 21.8. The number of anilines is 1. The zero-order valence-electron chi connectivity index (χ0n) is 17.4. The Bertz CT molecular complexity index is 1310. The maximum atomic E-state index is 13.8. The number of hydrogen-bond donors (Lipinski definition) is 0. The molecule has 2 aliphatic rings. The van der Waals surface area contributed by atoms with Gasteiger partial charge in [-0.3, -0.25) is 9.13 Å². The van der Waals surface area contributed by atoms with Crippen LogP contribution in [-0.4, -0.2) is 40.3 Å². The monoisotopic (exact) mass is 434 g/mol. The molecule has 1 saturated carbocycles. The molecule has 4 aromatic rings. The van der Waals surface area contributed by atoms with Gasteiger partial charge in [0.15, 0.2) is 23.3 Å². The lowest BCUT2D eigenvalue weighted by Crippen LogP contribution is -2.46. The van der Waals surface area contributed by atoms with Crippen LogP contribution in [-0.2, 0) is 0 Å². The van der Waals surface area contributed by atoms with Gasteiger partial charge in [0.1, 0.15) is 17.8 Å². The van der Waals surface area contributed by atoms with Crippen LogP contribution in [0.4, 0.5) is 14.6 Å². The van der Waals surface area contributed by atoms with Crippen molar-refractivity contribution in [2.24, 2.45) is 0 Å². The summed E-state index contributed by atoms with van der Waals surface area (Å²) in [6, 6.07) is 4.18. The van der Waals surface area contributed by atoms with Crippen LogP contribution in [0.2, 0.25) is 0 Å². The molecule has 32 heavy (non-hydrogen) atoms. The lowest BCUT2D eigenvalue weighted by molar-refractivity contribution is 0.341. The van der Waals surface area contributed by atoms with Crippen molar-refractivity contribution in [3.05, 3.63) is 60.6 Å². The van der Waals surface area contributed by atoms with E-state index in [4.69, 9.17) is 4.98 Å². The molecule has 6 rings (SSSR count). The lowest BCUT2D eigenvalue weighted by Gasteiger charge is -2.45. The van der Waals surface area contributed by atoms with Crippen molar-refractivity contribution >= 4 is 5.82 Å².